The average molecular weight is 396 g/mol. The predicted octanol–water partition coefficient (Wildman–Crippen LogP) is 2.15. The van der Waals surface area contributed by atoms with E-state index in [1.54, 1.807) is 0 Å². The van der Waals surface area contributed by atoms with Crippen LogP contribution in [0.5, 0.6) is 0 Å². The maximum absolute atomic E-state index is 12.9. The third-order valence-corrected chi connectivity index (χ3v) is 4.36. The van der Waals surface area contributed by atoms with Gasteiger partial charge in [-0.15, -0.1) is 0 Å². The number of benzene rings is 2. The highest BCUT2D eigenvalue weighted by molar-refractivity contribution is 7.88. The van der Waals surface area contributed by atoms with Crippen LogP contribution in [0.3, 0.4) is 0 Å². The predicted molar refractivity (Wildman–Crippen MR) is 95.1 cm³/mol. The van der Waals surface area contributed by atoms with Crippen LogP contribution in [-0.4, -0.2) is 32.0 Å². The van der Waals surface area contributed by atoms with Crippen LogP contribution in [0, 0.1) is 5.82 Å². The van der Waals surface area contributed by atoms with Gasteiger partial charge in [-0.1, -0.05) is 12.1 Å². The lowest BCUT2D eigenvalue weighted by Crippen LogP contribution is -2.24. The molecule has 0 heterocycles. The number of anilines is 1. The van der Waals surface area contributed by atoms with E-state index < -0.39 is 28.0 Å². The van der Waals surface area contributed by atoms with Gasteiger partial charge in [0.15, 0.2) is 0 Å². The van der Waals surface area contributed by atoms with Gasteiger partial charge in [-0.3, -0.25) is 13.7 Å². The Kier molecular flexibility index (Phi) is 6.48. The quantitative estimate of drug-likeness (QED) is 0.629. The molecule has 10 heteroatoms. The topological polar surface area (TPSA) is 122 Å². The van der Waals surface area contributed by atoms with Gasteiger partial charge in [0.05, 0.1) is 17.9 Å². The van der Waals surface area contributed by atoms with E-state index in [0.29, 0.717) is 5.56 Å². The summed E-state index contributed by atoms with van der Waals surface area (Å²) in [5, 5.41) is 11.7. The number of aromatic carboxylic acids is 1. The maximum Gasteiger partial charge on any atom is 0.359 e. The van der Waals surface area contributed by atoms with Crippen LogP contribution in [0.15, 0.2) is 42.5 Å². The summed E-state index contributed by atoms with van der Waals surface area (Å²) in [5.41, 5.74) is 0.163. The maximum atomic E-state index is 12.9. The first kappa shape index (κ1) is 20.3. The Bertz CT molecular complexity index is 944. The van der Waals surface area contributed by atoms with Crippen molar-refractivity contribution in [2.45, 2.75) is 13.5 Å². The van der Waals surface area contributed by atoms with Gasteiger partial charge in [0.2, 0.25) is 0 Å². The van der Waals surface area contributed by atoms with Crippen molar-refractivity contribution in [1.82, 2.24) is 5.32 Å². The van der Waals surface area contributed by atoms with Gasteiger partial charge in [0.1, 0.15) is 5.82 Å². The van der Waals surface area contributed by atoms with Crippen LogP contribution >= 0.6 is 0 Å². The number of nitrogens with one attached hydrogen (secondary N) is 2. The number of carboxylic acids is 1. The third kappa shape index (κ3) is 6.04. The van der Waals surface area contributed by atoms with E-state index in [9.17, 15) is 27.5 Å². The summed E-state index contributed by atoms with van der Waals surface area (Å²) in [4.78, 5) is 23.6. The zero-order valence-corrected chi connectivity index (χ0v) is 15.0. The van der Waals surface area contributed by atoms with Gasteiger partial charge in [-0.05, 0) is 42.8 Å². The minimum absolute atomic E-state index is 0.0637. The van der Waals surface area contributed by atoms with Crippen LogP contribution in [0.2, 0.25) is 0 Å². The molecule has 0 spiro atoms. The molecule has 0 aliphatic carbocycles. The normalized spacial score (nSPS) is 11.0. The van der Waals surface area contributed by atoms with Gasteiger partial charge >= 0.3 is 16.3 Å². The second-order valence-corrected chi connectivity index (χ2v) is 6.72. The number of carbonyl (C=O) groups excluding carboxylic acids is 1. The van der Waals surface area contributed by atoms with Crippen LogP contribution in [0.25, 0.3) is 0 Å². The third-order valence-electron chi connectivity index (χ3n) is 3.32. The zero-order valence-electron chi connectivity index (χ0n) is 14.2. The average Bonchev–Trinajstić information content (AvgIpc) is 2.60. The molecular formula is C17H17FN2O6S. The van der Waals surface area contributed by atoms with Crippen molar-refractivity contribution in [3.63, 3.8) is 0 Å². The molecular weight excluding hydrogens is 379 g/mol. The van der Waals surface area contributed by atoms with Crippen LogP contribution in [-0.2, 0) is 21.0 Å². The Balaban J connectivity index is 2.22. The van der Waals surface area contributed by atoms with Crippen LogP contribution in [0.4, 0.5) is 10.1 Å². The monoisotopic (exact) mass is 396 g/mol. The van der Waals surface area contributed by atoms with Gasteiger partial charge in [0, 0.05) is 12.1 Å². The van der Waals surface area contributed by atoms with E-state index in [2.05, 4.69) is 14.2 Å². The van der Waals surface area contributed by atoms with Gasteiger partial charge in [0.25, 0.3) is 5.91 Å². The summed E-state index contributed by atoms with van der Waals surface area (Å²) in [6, 6.07) is 8.83. The Morgan fingerprint density at radius 1 is 1.11 bits per heavy atom. The molecule has 0 radical (unpaired) electrons. The Labute approximate surface area is 155 Å². The van der Waals surface area contributed by atoms with Crippen molar-refractivity contribution in [2.24, 2.45) is 0 Å². The van der Waals surface area contributed by atoms with E-state index >= 15 is 0 Å². The molecule has 0 aromatic heterocycles. The summed E-state index contributed by atoms with van der Waals surface area (Å²) in [7, 11) is -4.14. The van der Waals surface area contributed by atoms with E-state index in [1.165, 1.54) is 37.3 Å². The van der Waals surface area contributed by atoms with E-state index in [0.717, 1.165) is 12.1 Å². The highest BCUT2D eigenvalue weighted by Gasteiger charge is 2.16. The molecule has 8 nitrogen and oxygen atoms in total. The Hall–Kier alpha value is -2.98. The molecule has 0 aliphatic rings. The second-order valence-electron chi connectivity index (χ2n) is 5.38. The SMILES string of the molecule is CCOS(=O)(=O)Nc1cc(C(=O)O)cc(C(=O)NCc2ccc(F)cc2)c1. The molecule has 27 heavy (non-hydrogen) atoms. The number of hydrogen-bond acceptors (Lipinski definition) is 5. The largest absolute Gasteiger partial charge is 0.478 e. The van der Waals surface area contributed by atoms with Gasteiger partial charge in [-0.2, -0.15) is 8.42 Å². The van der Waals surface area contributed by atoms with Crippen LogP contribution < -0.4 is 10.0 Å². The minimum atomic E-state index is -4.14. The second kappa shape index (κ2) is 8.60. The number of halogens is 1. The van der Waals surface area contributed by atoms with Crippen molar-refractivity contribution < 1.29 is 31.7 Å². The molecule has 2 aromatic rings. The van der Waals surface area contributed by atoms with E-state index in [4.69, 9.17) is 0 Å². The number of amides is 1. The molecule has 0 atom stereocenters. The van der Waals surface area contributed by atoms with Crippen molar-refractivity contribution in [1.29, 1.82) is 0 Å². The summed E-state index contributed by atoms with van der Waals surface area (Å²) >= 11 is 0. The van der Waals surface area contributed by atoms with Crippen molar-refractivity contribution >= 4 is 27.9 Å². The first-order chi connectivity index (χ1) is 12.7. The number of carbonyl (C=O) groups is 2. The smallest absolute Gasteiger partial charge is 0.359 e. The summed E-state index contributed by atoms with van der Waals surface area (Å²) in [5.74, 6) is -2.37. The molecule has 144 valence electrons. The number of rotatable bonds is 8. The molecule has 2 aromatic carbocycles. The Morgan fingerprint density at radius 3 is 2.33 bits per heavy atom. The van der Waals surface area contributed by atoms with Crippen LogP contribution in [0.1, 0.15) is 33.2 Å². The molecule has 0 bridgehead atoms. The zero-order chi connectivity index (χ0) is 20.0. The highest BCUT2D eigenvalue weighted by atomic mass is 32.2. The molecule has 0 aliphatic heterocycles. The number of hydrogen-bond donors (Lipinski definition) is 3. The van der Waals surface area contributed by atoms with E-state index in [1.807, 2.05) is 0 Å². The fraction of sp³-hybridized carbons (Fsp3) is 0.176. The molecule has 2 rings (SSSR count). The lowest BCUT2D eigenvalue weighted by molar-refractivity contribution is 0.0697. The molecule has 0 unspecified atom stereocenters. The molecule has 0 saturated carbocycles. The molecule has 1 amide bonds. The first-order valence-corrected chi connectivity index (χ1v) is 9.19. The summed E-state index contributed by atoms with van der Waals surface area (Å²) in [6.45, 7) is 1.44. The van der Waals surface area contributed by atoms with Crippen molar-refractivity contribution in [3.8, 4) is 0 Å². The van der Waals surface area contributed by atoms with E-state index in [-0.39, 0.29) is 30.0 Å². The fourth-order valence-electron chi connectivity index (χ4n) is 2.16. The van der Waals surface area contributed by atoms with Crippen molar-refractivity contribution in [3.05, 3.63) is 65.0 Å². The lowest BCUT2D eigenvalue weighted by Gasteiger charge is -2.11. The van der Waals surface area contributed by atoms with Gasteiger partial charge in [-0.25, -0.2) is 9.18 Å². The summed E-state index contributed by atoms with van der Waals surface area (Å²) < 4.78 is 42.9. The molecule has 3 N–H and O–H groups in total. The van der Waals surface area contributed by atoms with Gasteiger partial charge < -0.3 is 10.4 Å². The minimum Gasteiger partial charge on any atom is -0.478 e. The summed E-state index contributed by atoms with van der Waals surface area (Å²) in [6.07, 6.45) is 0. The highest BCUT2D eigenvalue weighted by Crippen LogP contribution is 2.17. The number of carboxylic acid groups (broad SMARTS) is 1. The lowest BCUT2D eigenvalue weighted by atomic mass is 10.1. The standard InChI is InChI=1S/C17H17FN2O6S/c1-2-26-27(24,25)20-15-8-12(7-13(9-15)17(22)23)16(21)19-10-11-3-5-14(18)6-4-11/h3-9,20H,2,10H2,1H3,(H,19,21)(H,22,23). The fourth-order valence-corrected chi connectivity index (χ4v) is 2.93. The first-order valence-electron chi connectivity index (χ1n) is 7.78. The Morgan fingerprint density at radius 2 is 1.74 bits per heavy atom. The molecule has 0 fully saturated rings. The molecule has 0 saturated heterocycles. The van der Waals surface area contributed by atoms with Crippen molar-refractivity contribution in [2.75, 3.05) is 11.3 Å².